The normalized spacial score (nSPS) is 10.5. The number of para-hydroxylation sites is 1. The second kappa shape index (κ2) is 8.40. The lowest BCUT2D eigenvalue weighted by molar-refractivity contribution is 0.102. The van der Waals surface area contributed by atoms with Gasteiger partial charge in [0.2, 0.25) is 5.95 Å². The lowest BCUT2D eigenvalue weighted by Gasteiger charge is -2.13. The summed E-state index contributed by atoms with van der Waals surface area (Å²) in [4.78, 5) is 25.8. The largest absolute Gasteiger partial charge is 0.349 e. The Kier molecular flexibility index (Phi) is 5.76. The monoisotopic (exact) mass is 361 g/mol. The van der Waals surface area contributed by atoms with Crippen LogP contribution in [0.3, 0.4) is 0 Å². The SMILES string of the molecule is CCc1cccc(C)c1NC(=O)c1cc(C)nc(NCc2ccccn2)n1. The molecule has 0 spiro atoms. The highest BCUT2D eigenvalue weighted by molar-refractivity contribution is 6.04. The number of amides is 1. The highest BCUT2D eigenvalue weighted by atomic mass is 16.1. The first-order valence-corrected chi connectivity index (χ1v) is 8.96. The maximum Gasteiger partial charge on any atom is 0.274 e. The molecule has 2 heterocycles. The third-order valence-corrected chi connectivity index (χ3v) is 4.22. The van der Waals surface area contributed by atoms with Crippen LogP contribution in [0.5, 0.6) is 0 Å². The lowest BCUT2D eigenvalue weighted by Crippen LogP contribution is -2.17. The van der Waals surface area contributed by atoms with E-state index in [1.807, 2.05) is 50.2 Å². The summed E-state index contributed by atoms with van der Waals surface area (Å²) >= 11 is 0. The molecular weight excluding hydrogens is 338 g/mol. The smallest absolute Gasteiger partial charge is 0.274 e. The zero-order valence-electron chi connectivity index (χ0n) is 15.8. The van der Waals surface area contributed by atoms with Crippen LogP contribution in [0.25, 0.3) is 0 Å². The zero-order valence-corrected chi connectivity index (χ0v) is 15.8. The van der Waals surface area contributed by atoms with Crippen molar-refractivity contribution in [2.24, 2.45) is 0 Å². The van der Waals surface area contributed by atoms with Gasteiger partial charge in [0.1, 0.15) is 5.69 Å². The lowest BCUT2D eigenvalue weighted by atomic mass is 10.1. The molecule has 3 aromatic rings. The molecule has 0 saturated heterocycles. The summed E-state index contributed by atoms with van der Waals surface area (Å²) < 4.78 is 0. The van der Waals surface area contributed by atoms with Gasteiger partial charge in [0.25, 0.3) is 5.91 Å². The number of anilines is 2. The topological polar surface area (TPSA) is 79.8 Å². The number of aryl methyl sites for hydroxylation is 3. The Balaban J connectivity index is 1.78. The first kappa shape index (κ1) is 18.5. The van der Waals surface area contributed by atoms with Crippen LogP contribution >= 0.6 is 0 Å². The Hall–Kier alpha value is -3.28. The molecule has 3 rings (SSSR count). The molecule has 138 valence electrons. The Morgan fingerprint density at radius 1 is 1.07 bits per heavy atom. The Morgan fingerprint density at radius 2 is 1.93 bits per heavy atom. The summed E-state index contributed by atoms with van der Waals surface area (Å²) in [5, 5.41) is 6.14. The van der Waals surface area contributed by atoms with Crippen LogP contribution in [0.4, 0.5) is 11.6 Å². The van der Waals surface area contributed by atoms with Crippen LogP contribution in [-0.4, -0.2) is 20.9 Å². The van der Waals surface area contributed by atoms with E-state index in [2.05, 4.69) is 32.5 Å². The molecule has 0 aliphatic rings. The van der Waals surface area contributed by atoms with Gasteiger partial charge in [0.15, 0.2) is 0 Å². The van der Waals surface area contributed by atoms with Crippen molar-refractivity contribution in [3.05, 3.63) is 76.9 Å². The fraction of sp³-hybridized carbons (Fsp3) is 0.238. The van der Waals surface area contributed by atoms with Crippen molar-refractivity contribution in [1.82, 2.24) is 15.0 Å². The van der Waals surface area contributed by atoms with Gasteiger partial charge in [0, 0.05) is 17.6 Å². The average Bonchev–Trinajstić information content (AvgIpc) is 2.68. The van der Waals surface area contributed by atoms with E-state index in [1.165, 1.54) is 0 Å². The Bertz CT molecular complexity index is 941. The van der Waals surface area contributed by atoms with Gasteiger partial charge in [0.05, 0.1) is 12.2 Å². The minimum Gasteiger partial charge on any atom is -0.349 e. The zero-order chi connectivity index (χ0) is 19.2. The van der Waals surface area contributed by atoms with Crippen molar-refractivity contribution >= 4 is 17.5 Å². The van der Waals surface area contributed by atoms with Crippen LogP contribution in [0.2, 0.25) is 0 Å². The van der Waals surface area contributed by atoms with Gasteiger partial charge in [-0.25, -0.2) is 9.97 Å². The van der Waals surface area contributed by atoms with Gasteiger partial charge in [-0.1, -0.05) is 31.2 Å². The Labute approximate surface area is 159 Å². The number of hydrogen-bond acceptors (Lipinski definition) is 5. The first-order chi connectivity index (χ1) is 13.1. The minimum absolute atomic E-state index is 0.245. The molecule has 0 aliphatic heterocycles. The molecule has 6 heteroatoms. The van der Waals surface area contributed by atoms with Gasteiger partial charge in [-0.05, 0) is 49.6 Å². The summed E-state index contributed by atoms with van der Waals surface area (Å²) in [7, 11) is 0. The number of aromatic nitrogens is 3. The second-order valence-corrected chi connectivity index (χ2v) is 6.31. The van der Waals surface area contributed by atoms with Crippen molar-refractivity contribution in [3.63, 3.8) is 0 Å². The van der Waals surface area contributed by atoms with Gasteiger partial charge < -0.3 is 10.6 Å². The van der Waals surface area contributed by atoms with E-state index >= 15 is 0 Å². The van der Waals surface area contributed by atoms with Crippen molar-refractivity contribution in [3.8, 4) is 0 Å². The number of benzene rings is 1. The molecule has 2 aromatic heterocycles. The van der Waals surface area contributed by atoms with E-state index in [-0.39, 0.29) is 5.91 Å². The fourth-order valence-electron chi connectivity index (χ4n) is 2.82. The van der Waals surface area contributed by atoms with Crippen LogP contribution < -0.4 is 10.6 Å². The van der Waals surface area contributed by atoms with E-state index in [9.17, 15) is 4.79 Å². The van der Waals surface area contributed by atoms with Crippen LogP contribution in [0, 0.1) is 13.8 Å². The molecule has 0 radical (unpaired) electrons. The van der Waals surface area contributed by atoms with Crippen molar-refractivity contribution in [1.29, 1.82) is 0 Å². The molecule has 0 aliphatic carbocycles. The third-order valence-electron chi connectivity index (χ3n) is 4.22. The quantitative estimate of drug-likeness (QED) is 0.696. The number of nitrogens with one attached hydrogen (secondary N) is 2. The van der Waals surface area contributed by atoms with E-state index in [0.717, 1.165) is 34.6 Å². The van der Waals surface area contributed by atoms with Gasteiger partial charge in [-0.2, -0.15) is 0 Å². The number of pyridine rings is 1. The average molecular weight is 361 g/mol. The highest BCUT2D eigenvalue weighted by Crippen LogP contribution is 2.22. The van der Waals surface area contributed by atoms with E-state index in [4.69, 9.17) is 0 Å². The summed E-state index contributed by atoms with van der Waals surface area (Å²) in [6, 6.07) is 13.4. The molecule has 0 unspecified atom stereocenters. The maximum absolute atomic E-state index is 12.8. The van der Waals surface area contributed by atoms with Crippen LogP contribution in [-0.2, 0) is 13.0 Å². The van der Waals surface area contributed by atoms with Crippen molar-refractivity contribution in [2.45, 2.75) is 33.7 Å². The molecule has 1 aromatic carbocycles. The summed E-state index contributed by atoms with van der Waals surface area (Å²) in [5.74, 6) is 0.164. The number of nitrogens with zero attached hydrogens (tertiary/aromatic N) is 3. The molecular formula is C21H23N5O. The predicted octanol–water partition coefficient (Wildman–Crippen LogP) is 3.92. The highest BCUT2D eigenvalue weighted by Gasteiger charge is 2.14. The molecule has 0 saturated carbocycles. The maximum atomic E-state index is 12.8. The van der Waals surface area contributed by atoms with Gasteiger partial charge in [-0.15, -0.1) is 0 Å². The van der Waals surface area contributed by atoms with Crippen LogP contribution in [0.1, 0.15) is 39.9 Å². The molecule has 27 heavy (non-hydrogen) atoms. The molecule has 0 fully saturated rings. The van der Waals surface area contributed by atoms with Crippen molar-refractivity contribution in [2.75, 3.05) is 10.6 Å². The molecule has 0 bridgehead atoms. The van der Waals surface area contributed by atoms with Crippen molar-refractivity contribution < 1.29 is 4.79 Å². The van der Waals surface area contributed by atoms with E-state index in [1.54, 1.807) is 12.3 Å². The second-order valence-electron chi connectivity index (χ2n) is 6.31. The molecule has 0 atom stereocenters. The molecule has 6 nitrogen and oxygen atoms in total. The standard InChI is InChI=1S/C21H23N5O/c1-4-16-9-7-8-14(2)19(16)26-20(27)18-12-15(3)24-21(25-18)23-13-17-10-5-6-11-22-17/h5-12H,4,13H2,1-3H3,(H,26,27)(H,23,24,25). The summed E-state index contributed by atoms with van der Waals surface area (Å²) in [6.07, 6.45) is 2.58. The number of carbonyl (C=O) groups is 1. The summed E-state index contributed by atoms with van der Waals surface area (Å²) in [6.45, 7) is 6.39. The van der Waals surface area contributed by atoms with Crippen LogP contribution in [0.15, 0.2) is 48.7 Å². The Morgan fingerprint density at radius 3 is 2.67 bits per heavy atom. The number of carbonyl (C=O) groups excluding carboxylic acids is 1. The van der Waals surface area contributed by atoms with E-state index in [0.29, 0.717) is 18.2 Å². The minimum atomic E-state index is -0.245. The predicted molar refractivity (Wildman–Crippen MR) is 107 cm³/mol. The third kappa shape index (κ3) is 4.67. The number of rotatable bonds is 6. The van der Waals surface area contributed by atoms with E-state index < -0.39 is 0 Å². The summed E-state index contributed by atoms with van der Waals surface area (Å²) in [5.41, 5.74) is 4.91. The van der Waals surface area contributed by atoms with Gasteiger partial charge in [-0.3, -0.25) is 9.78 Å². The first-order valence-electron chi connectivity index (χ1n) is 8.96. The molecule has 2 N–H and O–H groups in total. The number of hydrogen-bond donors (Lipinski definition) is 2. The van der Waals surface area contributed by atoms with Gasteiger partial charge >= 0.3 is 0 Å². The fourth-order valence-corrected chi connectivity index (χ4v) is 2.82. The molecule has 1 amide bonds.